The third-order valence-electron chi connectivity index (χ3n) is 4.12. The van der Waals surface area contributed by atoms with Crippen LogP contribution in [0.15, 0.2) is 42.7 Å². The van der Waals surface area contributed by atoms with Crippen molar-refractivity contribution in [3.63, 3.8) is 0 Å². The van der Waals surface area contributed by atoms with Gasteiger partial charge in [-0.1, -0.05) is 18.2 Å². The van der Waals surface area contributed by atoms with Crippen molar-refractivity contribution in [2.75, 3.05) is 26.2 Å². The molecule has 0 unspecified atom stereocenters. The highest BCUT2D eigenvalue weighted by atomic mass is 16.5. The number of ether oxygens (including phenoxy) is 1. The molecule has 0 radical (unpaired) electrons. The Labute approximate surface area is 132 Å². The molecule has 2 heterocycles. The first-order valence-electron chi connectivity index (χ1n) is 8.00. The molecule has 1 atom stereocenters. The molecule has 1 fully saturated rings. The average molecular weight is 297 g/mol. The zero-order chi connectivity index (χ0) is 15.2. The third kappa shape index (κ3) is 4.04. The Hall–Kier alpha value is -1.94. The lowest BCUT2D eigenvalue weighted by Crippen LogP contribution is -2.37. The second kappa shape index (κ2) is 7.36. The SMILES string of the molecule is Cc1cncc([C@@H]2CCCN(CCOc3ccccc3)C2)n1. The summed E-state index contributed by atoms with van der Waals surface area (Å²) in [6.07, 6.45) is 6.15. The molecule has 3 rings (SSSR count). The summed E-state index contributed by atoms with van der Waals surface area (Å²) in [6.45, 7) is 5.90. The molecular weight excluding hydrogens is 274 g/mol. The second-order valence-electron chi connectivity index (χ2n) is 5.89. The first-order chi connectivity index (χ1) is 10.8. The highest BCUT2D eigenvalue weighted by Gasteiger charge is 2.22. The van der Waals surface area contributed by atoms with E-state index in [-0.39, 0.29) is 0 Å². The van der Waals surface area contributed by atoms with Gasteiger partial charge in [-0.05, 0) is 38.4 Å². The summed E-state index contributed by atoms with van der Waals surface area (Å²) >= 11 is 0. The van der Waals surface area contributed by atoms with Crippen LogP contribution in [-0.4, -0.2) is 41.1 Å². The van der Waals surface area contributed by atoms with E-state index in [4.69, 9.17) is 4.74 Å². The number of nitrogens with zero attached hydrogens (tertiary/aromatic N) is 3. The molecule has 22 heavy (non-hydrogen) atoms. The van der Waals surface area contributed by atoms with Gasteiger partial charge in [0.25, 0.3) is 0 Å². The molecule has 1 aliphatic heterocycles. The maximum atomic E-state index is 5.80. The Balaban J connectivity index is 1.50. The molecular formula is C18H23N3O. The molecule has 2 aromatic rings. The molecule has 4 heteroatoms. The highest BCUT2D eigenvalue weighted by Crippen LogP contribution is 2.25. The Morgan fingerprint density at radius 3 is 2.91 bits per heavy atom. The minimum absolute atomic E-state index is 0.498. The van der Waals surface area contributed by atoms with Crippen molar-refractivity contribution in [3.05, 3.63) is 54.1 Å². The number of rotatable bonds is 5. The molecule has 116 valence electrons. The molecule has 0 saturated carbocycles. The van der Waals surface area contributed by atoms with E-state index in [9.17, 15) is 0 Å². The maximum absolute atomic E-state index is 5.80. The molecule has 1 aromatic heterocycles. The summed E-state index contributed by atoms with van der Waals surface area (Å²) in [5, 5.41) is 0. The Morgan fingerprint density at radius 2 is 2.09 bits per heavy atom. The van der Waals surface area contributed by atoms with Crippen LogP contribution in [0.5, 0.6) is 5.75 Å². The van der Waals surface area contributed by atoms with Crippen LogP contribution in [0.2, 0.25) is 0 Å². The summed E-state index contributed by atoms with van der Waals surface area (Å²) in [6, 6.07) is 10.0. The van der Waals surface area contributed by atoms with Crippen LogP contribution in [0, 0.1) is 6.92 Å². The van der Waals surface area contributed by atoms with E-state index < -0.39 is 0 Å². The second-order valence-corrected chi connectivity index (χ2v) is 5.89. The lowest BCUT2D eigenvalue weighted by molar-refractivity contribution is 0.169. The van der Waals surface area contributed by atoms with Gasteiger partial charge in [-0.3, -0.25) is 14.9 Å². The van der Waals surface area contributed by atoms with Crippen molar-refractivity contribution >= 4 is 0 Å². The van der Waals surface area contributed by atoms with Gasteiger partial charge < -0.3 is 4.74 Å². The van der Waals surface area contributed by atoms with Crippen LogP contribution in [0.4, 0.5) is 0 Å². The van der Waals surface area contributed by atoms with Crippen molar-refractivity contribution in [2.45, 2.75) is 25.7 Å². The number of piperidine rings is 1. The van der Waals surface area contributed by atoms with Gasteiger partial charge in [0.05, 0.1) is 11.4 Å². The van der Waals surface area contributed by atoms with Gasteiger partial charge in [0.15, 0.2) is 0 Å². The van der Waals surface area contributed by atoms with Crippen molar-refractivity contribution in [2.24, 2.45) is 0 Å². The van der Waals surface area contributed by atoms with E-state index in [1.807, 2.05) is 49.6 Å². The van der Waals surface area contributed by atoms with Crippen LogP contribution < -0.4 is 4.74 Å². The van der Waals surface area contributed by atoms with Gasteiger partial charge in [0, 0.05) is 31.4 Å². The van der Waals surface area contributed by atoms with Gasteiger partial charge in [0.1, 0.15) is 12.4 Å². The first-order valence-corrected chi connectivity index (χ1v) is 8.00. The van der Waals surface area contributed by atoms with Gasteiger partial charge in [-0.2, -0.15) is 0 Å². The minimum atomic E-state index is 0.498. The largest absolute Gasteiger partial charge is 0.492 e. The summed E-state index contributed by atoms with van der Waals surface area (Å²) in [5.74, 6) is 1.44. The Morgan fingerprint density at radius 1 is 1.23 bits per heavy atom. The van der Waals surface area contributed by atoms with Crippen LogP contribution in [-0.2, 0) is 0 Å². The molecule has 0 bridgehead atoms. The first kappa shape index (κ1) is 15.0. The van der Waals surface area contributed by atoms with E-state index in [0.29, 0.717) is 5.92 Å². The van der Waals surface area contributed by atoms with Gasteiger partial charge in [-0.25, -0.2) is 0 Å². The van der Waals surface area contributed by atoms with Gasteiger partial charge in [-0.15, -0.1) is 0 Å². The van der Waals surface area contributed by atoms with Crippen LogP contribution >= 0.6 is 0 Å². The van der Waals surface area contributed by atoms with Gasteiger partial charge >= 0.3 is 0 Å². The molecule has 0 amide bonds. The highest BCUT2D eigenvalue weighted by molar-refractivity contribution is 5.20. The summed E-state index contributed by atoms with van der Waals surface area (Å²) in [5.41, 5.74) is 2.13. The lowest BCUT2D eigenvalue weighted by Gasteiger charge is -2.32. The normalized spacial score (nSPS) is 19.0. The molecule has 0 spiro atoms. The fraction of sp³-hybridized carbons (Fsp3) is 0.444. The fourth-order valence-corrected chi connectivity index (χ4v) is 2.99. The number of aromatic nitrogens is 2. The molecule has 1 aliphatic rings. The predicted octanol–water partition coefficient (Wildman–Crippen LogP) is 3.04. The van der Waals surface area contributed by atoms with Crippen LogP contribution in [0.1, 0.15) is 30.1 Å². The van der Waals surface area contributed by atoms with E-state index >= 15 is 0 Å². The fourth-order valence-electron chi connectivity index (χ4n) is 2.99. The van der Waals surface area contributed by atoms with Crippen LogP contribution in [0.3, 0.4) is 0 Å². The zero-order valence-corrected chi connectivity index (χ0v) is 13.1. The number of likely N-dealkylation sites (tertiary alicyclic amines) is 1. The lowest BCUT2D eigenvalue weighted by atomic mass is 9.95. The standard InChI is InChI=1S/C18H23N3O/c1-15-12-19-13-18(20-15)16-6-5-9-21(14-16)10-11-22-17-7-3-2-4-8-17/h2-4,7-8,12-13,16H,5-6,9-11,14H2,1H3/t16-/m1/s1. The summed E-state index contributed by atoms with van der Waals surface area (Å²) in [4.78, 5) is 11.4. The molecule has 4 nitrogen and oxygen atoms in total. The van der Waals surface area contributed by atoms with E-state index in [1.165, 1.54) is 12.8 Å². The third-order valence-corrected chi connectivity index (χ3v) is 4.12. The molecule has 0 N–H and O–H groups in total. The number of para-hydroxylation sites is 1. The minimum Gasteiger partial charge on any atom is -0.492 e. The van der Waals surface area contributed by atoms with E-state index in [2.05, 4.69) is 14.9 Å². The number of hydrogen-bond acceptors (Lipinski definition) is 4. The zero-order valence-electron chi connectivity index (χ0n) is 13.1. The predicted molar refractivity (Wildman–Crippen MR) is 87.1 cm³/mol. The summed E-state index contributed by atoms with van der Waals surface area (Å²) < 4.78 is 5.80. The van der Waals surface area contributed by atoms with Crippen molar-refractivity contribution in [1.82, 2.24) is 14.9 Å². The van der Waals surface area contributed by atoms with Crippen molar-refractivity contribution < 1.29 is 4.74 Å². The maximum Gasteiger partial charge on any atom is 0.119 e. The number of hydrogen-bond donors (Lipinski definition) is 0. The van der Waals surface area contributed by atoms with E-state index in [0.717, 1.165) is 43.4 Å². The van der Waals surface area contributed by atoms with Crippen molar-refractivity contribution in [3.8, 4) is 5.75 Å². The number of benzene rings is 1. The monoisotopic (exact) mass is 297 g/mol. The van der Waals surface area contributed by atoms with Crippen molar-refractivity contribution in [1.29, 1.82) is 0 Å². The molecule has 1 saturated heterocycles. The summed E-state index contributed by atoms with van der Waals surface area (Å²) in [7, 11) is 0. The molecule has 0 aliphatic carbocycles. The number of aryl methyl sites for hydroxylation is 1. The van der Waals surface area contributed by atoms with Crippen LogP contribution in [0.25, 0.3) is 0 Å². The molecule has 1 aromatic carbocycles. The smallest absolute Gasteiger partial charge is 0.119 e. The topological polar surface area (TPSA) is 38.2 Å². The Bertz CT molecular complexity index is 588. The average Bonchev–Trinajstić information content (AvgIpc) is 2.56. The van der Waals surface area contributed by atoms with Gasteiger partial charge in [0.2, 0.25) is 0 Å². The Kier molecular flexibility index (Phi) is 5.01. The van der Waals surface area contributed by atoms with E-state index in [1.54, 1.807) is 0 Å². The quantitative estimate of drug-likeness (QED) is 0.850.